The lowest BCUT2D eigenvalue weighted by molar-refractivity contribution is -0.126. The Kier molecular flexibility index (Phi) is 7.42. The van der Waals surface area contributed by atoms with Crippen molar-refractivity contribution in [3.63, 3.8) is 0 Å². The molecule has 1 saturated heterocycles. The van der Waals surface area contributed by atoms with Gasteiger partial charge in [0.2, 0.25) is 15.9 Å². The van der Waals surface area contributed by atoms with Gasteiger partial charge in [-0.3, -0.25) is 4.79 Å². The molecule has 3 aromatic rings. The number of nitrogens with zero attached hydrogens (tertiary/aromatic N) is 2. The van der Waals surface area contributed by atoms with E-state index in [0.717, 1.165) is 16.3 Å². The lowest BCUT2D eigenvalue weighted by Gasteiger charge is -2.30. The van der Waals surface area contributed by atoms with E-state index in [1.54, 1.807) is 35.6 Å². The number of sulfonamides is 1. The van der Waals surface area contributed by atoms with Crippen molar-refractivity contribution in [3.8, 4) is 16.3 Å². The summed E-state index contributed by atoms with van der Waals surface area (Å²) >= 11 is 1.60. The quantitative estimate of drug-likeness (QED) is 0.527. The van der Waals surface area contributed by atoms with Gasteiger partial charge in [0.15, 0.2) is 0 Å². The van der Waals surface area contributed by atoms with Gasteiger partial charge in [-0.15, -0.1) is 11.3 Å². The number of hydrogen-bond donors (Lipinski definition) is 1. The number of hydrogen-bond acceptors (Lipinski definition) is 6. The summed E-state index contributed by atoms with van der Waals surface area (Å²) in [5.74, 6) is 0.413. The Morgan fingerprint density at radius 2 is 1.82 bits per heavy atom. The first kappa shape index (κ1) is 23.4. The molecule has 2 heterocycles. The van der Waals surface area contributed by atoms with Gasteiger partial charge in [-0.05, 0) is 37.1 Å². The molecule has 4 rings (SSSR count). The molecule has 0 bridgehead atoms. The molecule has 0 atom stereocenters. The number of ether oxygens (including phenoxy) is 1. The largest absolute Gasteiger partial charge is 0.497 e. The van der Waals surface area contributed by atoms with Crippen molar-refractivity contribution < 1.29 is 17.9 Å². The molecule has 174 valence electrons. The van der Waals surface area contributed by atoms with Crippen LogP contribution in [0.1, 0.15) is 18.5 Å². The molecule has 1 aliphatic heterocycles. The van der Waals surface area contributed by atoms with Crippen molar-refractivity contribution in [1.82, 2.24) is 14.6 Å². The van der Waals surface area contributed by atoms with Gasteiger partial charge in [0.1, 0.15) is 10.8 Å². The second-order valence-corrected chi connectivity index (χ2v) is 10.7. The van der Waals surface area contributed by atoms with Crippen molar-refractivity contribution in [3.05, 3.63) is 65.7 Å². The van der Waals surface area contributed by atoms with E-state index in [1.165, 1.54) is 11.4 Å². The number of carbonyl (C=O) groups is 1. The Bertz CT molecular complexity index is 1170. The number of piperidine rings is 1. The van der Waals surface area contributed by atoms with Crippen molar-refractivity contribution in [2.24, 2.45) is 5.92 Å². The number of nitrogens with one attached hydrogen (secondary N) is 1. The molecule has 0 unspecified atom stereocenters. The topological polar surface area (TPSA) is 88.6 Å². The molecule has 0 saturated carbocycles. The maximum absolute atomic E-state index is 12.9. The van der Waals surface area contributed by atoms with Gasteiger partial charge in [-0.2, -0.15) is 4.31 Å². The minimum Gasteiger partial charge on any atom is -0.497 e. The highest BCUT2D eigenvalue weighted by molar-refractivity contribution is 7.89. The second-order valence-electron chi connectivity index (χ2n) is 7.90. The Morgan fingerprint density at radius 3 is 2.48 bits per heavy atom. The summed E-state index contributed by atoms with van der Waals surface area (Å²) in [5.41, 5.74) is 2.05. The Morgan fingerprint density at radius 1 is 1.12 bits per heavy atom. The molecule has 1 fully saturated rings. The number of benzene rings is 2. The molecule has 33 heavy (non-hydrogen) atoms. The van der Waals surface area contributed by atoms with Crippen molar-refractivity contribution in [2.75, 3.05) is 26.7 Å². The SMILES string of the molecule is COc1ccc(S(=O)(=O)N2CCC(C(=O)NCCc3csc(-c4ccccc4)n3)CC2)cc1. The third-order valence-electron chi connectivity index (χ3n) is 5.77. The van der Waals surface area contributed by atoms with Gasteiger partial charge in [0, 0.05) is 42.9 Å². The van der Waals surface area contributed by atoms with E-state index in [0.29, 0.717) is 44.6 Å². The number of thiazole rings is 1. The van der Waals surface area contributed by atoms with E-state index in [4.69, 9.17) is 4.74 Å². The first-order chi connectivity index (χ1) is 16.0. The molecule has 2 aromatic carbocycles. The third-order valence-corrected chi connectivity index (χ3v) is 8.63. The average Bonchev–Trinajstić information content (AvgIpc) is 3.33. The summed E-state index contributed by atoms with van der Waals surface area (Å²) in [5, 5.41) is 5.99. The van der Waals surface area contributed by atoms with Crippen LogP contribution in [-0.2, 0) is 21.2 Å². The first-order valence-electron chi connectivity index (χ1n) is 10.9. The summed E-state index contributed by atoms with van der Waals surface area (Å²) in [6, 6.07) is 16.4. The molecule has 7 nitrogen and oxygen atoms in total. The zero-order chi connectivity index (χ0) is 23.3. The second kappa shape index (κ2) is 10.5. The van der Waals surface area contributed by atoms with Crippen LogP contribution in [0.4, 0.5) is 0 Å². The summed E-state index contributed by atoms with van der Waals surface area (Å²) in [7, 11) is -2.03. The Labute approximate surface area is 198 Å². The highest BCUT2D eigenvalue weighted by Gasteiger charge is 2.32. The fourth-order valence-corrected chi connectivity index (χ4v) is 6.18. The third kappa shape index (κ3) is 5.61. The number of carbonyl (C=O) groups excluding carboxylic acids is 1. The number of aromatic nitrogens is 1. The molecule has 0 radical (unpaired) electrons. The summed E-state index contributed by atoms with van der Waals surface area (Å²) in [4.78, 5) is 17.5. The molecule has 1 aliphatic rings. The van der Waals surface area contributed by atoms with Crippen molar-refractivity contribution in [2.45, 2.75) is 24.2 Å². The molecule has 0 spiro atoms. The Balaban J connectivity index is 1.24. The van der Waals surface area contributed by atoms with E-state index in [2.05, 4.69) is 10.3 Å². The maximum Gasteiger partial charge on any atom is 0.243 e. The van der Waals surface area contributed by atoms with Gasteiger partial charge >= 0.3 is 0 Å². The van der Waals surface area contributed by atoms with Crippen LogP contribution in [-0.4, -0.2) is 50.4 Å². The van der Waals surface area contributed by atoms with Gasteiger partial charge in [-0.25, -0.2) is 13.4 Å². The fraction of sp³-hybridized carbons (Fsp3) is 0.333. The smallest absolute Gasteiger partial charge is 0.243 e. The summed E-state index contributed by atoms with van der Waals surface area (Å²) in [6.07, 6.45) is 1.69. The van der Waals surface area contributed by atoms with Gasteiger partial charge in [0.25, 0.3) is 0 Å². The van der Waals surface area contributed by atoms with Crippen LogP contribution in [0, 0.1) is 5.92 Å². The predicted octanol–water partition coefficient (Wildman–Crippen LogP) is 3.58. The normalized spacial score (nSPS) is 15.3. The lowest BCUT2D eigenvalue weighted by Crippen LogP contribution is -2.43. The standard InChI is InChI=1S/C24H27N3O4S2/c1-31-21-7-9-22(10-8-21)33(29,30)27-15-12-18(13-16-27)23(28)25-14-11-20-17-32-24(26-20)19-5-3-2-4-6-19/h2-10,17-18H,11-16H2,1H3,(H,25,28). The van der Waals surface area contributed by atoms with Crippen LogP contribution in [0.5, 0.6) is 5.75 Å². The maximum atomic E-state index is 12.9. The van der Waals surface area contributed by atoms with E-state index < -0.39 is 10.0 Å². The van der Waals surface area contributed by atoms with Crippen LogP contribution in [0.15, 0.2) is 64.9 Å². The van der Waals surface area contributed by atoms with Crippen LogP contribution in [0.25, 0.3) is 10.6 Å². The van der Waals surface area contributed by atoms with E-state index in [1.807, 2.05) is 35.7 Å². The van der Waals surface area contributed by atoms with Crippen LogP contribution >= 0.6 is 11.3 Å². The molecule has 1 amide bonds. The van der Waals surface area contributed by atoms with E-state index >= 15 is 0 Å². The Hall–Kier alpha value is -2.75. The van der Waals surface area contributed by atoms with Crippen molar-refractivity contribution >= 4 is 27.3 Å². The molecule has 9 heteroatoms. The number of amides is 1. The van der Waals surface area contributed by atoms with Gasteiger partial charge in [0.05, 0.1) is 17.7 Å². The predicted molar refractivity (Wildman–Crippen MR) is 129 cm³/mol. The molecule has 1 N–H and O–H groups in total. The van der Waals surface area contributed by atoms with E-state index in [9.17, 15) is 13.2 Å². The van der Waals surface area contributed by atoms with Gasteiger partial charge < -0.3 is 10.1 Å². The highest BCUT2D eigenvalue weighted by Crippen LogP contribution is 2.26. The summed E-state index contributed by atoms with van der Waals surface area (Å²) < 4.78 is 32.3. The lowest BCUT2D eigenvalue weighted by atomic mass is 9.97. The molecular formula is C24H27N3O4S2. The minimum atomic E-state index is -3.57. The number of methoxy groups -OCH3 is 1. The van der Waals surface area contributed by atoms with Gasteiger partial charge in [-0.1, -0.05) is 30.3 Å². The summed E-state index contributed by atoms with van der Waals surface area (Å²) in [6.45, 7) is 1.18. The zero-order valence-corrected chi connectivity index (χ0v) is 20.1. The van der Waals surface area contributed by atoms with Crippen LogP contribution < -0.4 is 10.1 Å². The fourth-order valence-electron chi connectivity index (χ4n) is 3.85. The molecule has 0 aliphatic carbocycles. The molecule has 1 aromatic heterocycles. The van der Waals surface area contributed by atoms with Crippen molar-refractivity contribution in [1.29, 1.82) is 0 Å². The first-order valence-corrected chi connectivity index (χ1v) is 13.2. The minimum absolute atomic E-state index is 0.0185. The van der Waals surface area contributed by atoms with E-state index in [-0.39, 0.29) is 16.7 Å². The van der Waals surface area contributed by atoms with Crippen LogP contribution in [0.3, 0.4) is 0 Å². The highest BCUT2D eigenvalue weighted by atomic mass is 32.2. The monoisotopic (exact) mass is 485 g/mol. The average molecular weight is 486 g/mol. The van der Waals surface area contributed by atoms with Crippen LogP contribution in [0.2, 0.25) is 0 Å². The number of rotatable bonds is 8. The molecular weight excluding hydrogens is 458 g/mol. The zero-order valence-electron chi connectivity index (χ0n) is 18.4.